The van der Waals surface area contributed by atoms with E-state index in [1.165, 1.54) is 35.9 Å². The van der Waals surface area contributed by atoms with Crippen molar-refractivity contribution < 1.29 is 28.7 Å². The maximum Gasteiger partial charge on any atom is 0.325 e. The Balaban J connectivity index is 1.82. The topological polar surface area (TPSA) is 122 Å². The van der Waals surface area contributed by atoms with Gasteiger partial charge in [-0.2, -0.15) is 4.99 Å². The number of nitro benzene ring substituents is 1. The van der Waals surface area contributed by atoms with E-state index in [1.54, 1.807) is 12.1 Å². The Labute approximate surface area is 166 Å². The Kier molecular flexibility index (Phi) is 4.72. The van der Waals surface area contributed by atoms with E-state index in [9.17, 15) is 19.7 Å². The van der Waals surface area contributed by atoms with Gasteiger partial charge in [-0.3, -0.25) is 19.7 Å². The largest absolute Gasteiger partial charge is 0.468 e. The molecule has 0 aliphatic carbocycles. The second-order valence-electron chi connectivity index (χ2n) is 5.94. The van der Waals surface area contributed by atoms with Gasteiger partial charge in [0.1, 0.15) is 6.54 Å². The van der Waals surface area contributed by atoms with Crippen molar-refractivity contribution in [2.24, 2.45) is 4.99 Å². The summed E-state index contributed by atoms with van der Waals surface area (Å²) < 4.78 is 17.2. The number of carbonyl (C=O) groups is 2. The van der Waals surface area contributed by atoms with Crippen LogP contribution >= 0.6 is 11.3 Å². The summed E-state index contributed by atoms with van der Waals surface area (Å²) in [6, 6.07) is 8.90. The van der Waals surface area contributed by atoms with E-state index in [0.29, 0.717) is 21.7 Å². The lowest BCUT2D eigenvalue weighted by Gasteiger charge is -2.03. The minimum atomic E-state index is -0.553. The smallest absolute Gasteiger partial charge is 0.325 e. The number of aromatic nitrogens is 1. The normalized spacial score (nSPS) is 12.9. The zero-order valence-electron chi connectivity index (χ0n) is 15.0. The number of hydrogen-bond donors (Lipinski definition) is 0. The molecule has 0 fully saturated rings. The predicted octanol–water partition coefficient (Wildman–Crippen LogP) is 2.25. The molecule has 29 heavy (non-hydrogen) atoms. The summed E-state index contributed by atoms with van der Waals surface area (Å²) in [5, 5.41) is 11.0. The van der Waals surface area contributed by atoms with E-state index >= 15 is 0 Å². The summed E-state index contributed by atoms with van der Waals surface area (Å²) in [6.07, 6.45) is 0. The fourth-order valence-electron chi connectivity index (χ4n) is 2.79. The highest BCUT2D eigenvalue weighted by Crippen LogP contribution is 2.32. The molecule has 0 unspecified atom stereocenters. The van der Waals surface area contributed by atoms with Gasteiger partial charge >= 0.3 is 5.97 Å². The first-order chi connectivity index (χ1) is 14.0. The van der Waals surface area contributed by atoms with Gasteiger partial charge in [0.25, 0.3) is 11.6 Å². The molecule has 1 aromatic heterocycles. The van der Waals surface area contributed by atoms with E-state index in [-0.39, 0.29) is 29.4 Å². The van der Waals surface area contributed by atoms with Gasteiger partial charge in [-0.1, -0.05) is 11.3 Å². The lowest BCUT2D eigenvalue weighted by Crippen LogP contribution is -2.22. The van der Waals surface area contributed by atoms with Crippen LogP contribution in [0.3, 0.4) is 0 Å². The van der Waals surface area contributed by atoms with E-state index in [2.05, 4.69) is 4.99 Å². The van der Waals surface area contributed by atoms with Gasteiger partial charge in [0.05, 0.1) is 22.2 Å². The zero-order chi connectivity index (χ0) is 20.5. The molecular formula is C18H13N3O7S. The number of hydrogen-bond acceptors (Lipinski definition) is 8. The van der Waals surface area contributed by atoms with Crippen molar-refractivity contribution in [2.75, 3.05) is 13.9 Å². The van der Waals surface area contributed by atoms with Crippen LogP contribution in [0.25, 0.3) is 10.2 Å². The van der Waals surface area contributed by atoms with Gasteiger partial charge in [-0.15, -0.1) is 0 Å². The molecule has 1 amide bonds. The number of esters is 1. The van der Waals surface area contributed by atoms with Gasteiger partial charge in [0.15, 0.2) is 16.3 Å². The maximum atomic E-state index is 12.7. The average molecular weight is 415 g/mol. The third kappa shape index (κ3) is 3.55. The van der Waals surface area contributed by atoms with Crippen molar-refractivity contribution in [1.29, 1.82) is 0 Å². The number of rotatable bonds is 4. The minimum absolute atomic E-state index is 0.0817. The number of nitrogens with zero attached hydrogens (tertiary/aromatic N) is 3. The van der Waals surface area contributed by atoms with Crippen LogP contribution in [0.2, 0.25) is 0 Å². The number of thiazole rings is 1. The molecule has 0 saturated carbocycles. The second kappa shape index (κ2) is 7.36. The molecule has 10 nitrogen and oxygen atoms in total. The molecule has 1 aliphatic heterocycles. The standard InChI is InChI=1S/C18H13N3O7S/c1-26-16(22)8-20-12-4-3-11(21(24)25)7-15(12)29-18(20)19-17(23)10-2-5-13-14(6-10)28-9-27-13/h2-7H,8-9H2,1H3. The molecule has 0 bridgehead atoms. The summed E-state index contributed by atoms with van der Waals surface area (Å²) in [7, 11) is 1.25. The van der Waals surface area contributed by atoms with Crippen LogP contribution in [0, 0.1) is 10.1 Å². The number of fused-ring (bicyclic) bond motifs is 2. The highest BCUT2D eigenvalue weighted by Gasteiger charge is 2.18. The summed E-state index contributed by atoms with van der Waals surface area (Å²) in [4.78, 5) is 39.4. The Bertz CT molecular complexity index is 1230. The van der Waals surface area contributed by atoms with E-state index in [4.69, 9.17) is 14.2 Å². The number of amides is 1. The highest BCUT2D eigenvalue weighted by atomic mass is 32.1. The summed E-state index contributed by atoms with van der Waals surface area (Å²) >= 11 is 1.06. The molecule has 148 valence electrons. The van der Waals surface area contributed by atoms with Crippen LogP contribution in [-0.2, 0) is 16.1 Å². The number of ether oxygens (including phenoxy) is 3. The van der Waals surface area contributed by atoms with Gasteiger partial charge in [-0.05, 0) is 24.3 Å². The lowest BCUT2D eigenvalue weighted by molar-refractivity contribution is -0.384. The SMILES string of the molecule is COC(=O)Cn1c(=NC(=O)c2ccc3c(c2)OCO3)sc2cc([N+](=O)[O-])ccc21. The van der Waals surface area contributed by atoms with Gasteiger partial charge in [0.2, 0.25) is 6.79 Å². The Morgan fingerprint density at radius 1 is 1.24 bits per heavy atom. The van der Waals surface area contributed by atoms with Gasteiger partial charge in [0, 0.05) is 17.7 Å². The van der Waals surface area contributed by atoms with Crippen molar-refractivity contribution in [2.45, 2.75) is 6.54 Å². The van der Waals surface area contributed by atoms with Crippen LogP contribution in [0.1, 0.15) is 10.4 Å². The molecule has 0 spiro atoms. The van der Waals surface area contributed by atoms with Crippen LogP contribution < -0.4 is 14.3 Å². The zero-order valence-corrected chi connectivity index (χ0v) is 15.8. The first kappa shape index (κ1) is 18.6. The van der Waals surface area contributed by atoms with Crippen molar-refractivity contribution in [3.05, 3.63) is 56.9 Å². The Hall–Kier alpha value is -3.73. The average Bonchev–Trinajstić information content (AvgIpc) is 3.31. The second-order valence-corrected chi connectivity index (χ2v) is 6.95. The number of nitro groups is 1. The molecule has 3 aromatic rings. The molecule has 2 aromatic carbocycles. The first-order valence-corrected chi connectivity index (χ1v) is 9.11. The summed E-state index contributed by atoms with van der Waals surface area (Å²) in [5.74, 6) is -0.111. The lowest BCUT2D eigenvalue weighted by atomic mass is 10.2. The van der Waals surface area contributed by atoms with Crippen LogP contribution in [-0.4, -0.2) is 35.3 Å². The molecule has 2 heterocycles. The van der Waals surface area contributed by atoms with Crippen molar-refractivity contribution in [3.8, 4) is 11.5 Å². The van der Waals surface area contributed by atoms with E-state index in [0.717, 1.165) is 11.3 Å². The summed E-state index contributed by atoms with van der Waals surface area (Å²) in [5.41, 5.74) is 0.711. The number of methoxy groups -OCH3 is 1. The third-order valence-corrected chi connectivity index (χ3v) is 5.25. The number of non-ortho nitro benzene ring substituents is 1. The van der Waals surface area contributed by atoms with Gasteiger partial charge < -0.3 is 18.8 Å². The van der Waals surface area contributed by atoms with E-state index in [1.807, 2.05) is 0 Å². The molecule has 11 heteroatoms. The molecule has 0 atom stereocenters. The molecule has 0 N–H and O–H groups in total. The third-order valence-electron chi connectivity index (χ3n) is 4.21. The van der Waals surface area contributed by atoms with Crippen molar-refractivity contribution in [3.63, 3.8) is 0 Å². The van der Waals surface area contributed by atoms with Crippen molar-refractivity contribution >= 4 is 39.1 Å². The molecule has 1 aliphatic rings. The quantitative estimate of drug-likeness (QED) is 0.364. The first-order valence-electron chi connectivity index (χ1n) is 8.29. The Morgan fingerprint density at radius 3 is 2.79 bits per heavy atom. The Morgan fingerprint density at radius 2 is 2.03 bits per heavy atom. The van der Waals surface area contributed by atoms with Crippen LogP contribution in [0.4, 0.5) is 5.69 Å². The van der Waals surface area contributed by atoms with Crippen molar-refractivity contribution in [1.82, 2.24) is 4.57 Å². The maximum absolute atomic E-state index is 12.7. The molecule has 0 saturated heterocycles. The van der Waals surface area contributed by atoms with Crippen LogP contribution in [0.5, 0.6) is 11.5 Å². The minimum Gasteiger partial charge on any atom is -0.468 e. The fourth-order valence-corrected chi connectivity index (χ4v) is 3.85. The predicted molar refractivity (Wildman–Crippen MR) is 101 cm³/mol. The summed E-state index contributed by atoms with van der Waals surface area (Å²) in [6.45, 7) is -0.111. The highest BCUT2D eigenvalue weighted by molar-refractivity contribution is 7.16. The monoisotopic (exact) mass is 415 g/mol. The molecule has 0 radical (unpaired) electrons. The molecular weight excluding hydrogens is 402 g/mol. The number of carbonyl (C=O) groups excluding carboxylic acids is 2. The fraction of sp³-hybridized carbons (Fsp3) is 0.167. The van der Waals surface area contributed by atoms with E-state index < -0.39 is 16.8 Å². The van der Waals surface area contributed by atoms with Gasteiger partial charge in [-0.25, -0.2) is 0 Å². The molecule has 4 rings (SSSR count). The van der Waals surface area contributed by atoms with Crippen LogP contribution in [0.15, 0.2) is 41.4 Å². The number of benzene rings is 2.